The summed E-state index contributed by atoms with van der Waals surface area (Å²) < 4.78 is 5.53. The molecule has 0 saturated carbocycles. The van der Waals surface area contributed by atoms with Gasteiger partial charge in [-0.15, -0.1) is 0 Å². The molecule has 0 spiro atoms. The number of carbonyl (C=O) groups excluding carboxylic acids is 2. The Labute approximate surface area is 173 Å². The number of fused-ring (bicyclic) bond motifs is 3. The zero-order valence-electron chi connectivity index (χ0n) is 16.3. The molecule has 148 valence electrons. The SMILES string of the molecule is O=C1C[C@H]2CN(C(=O)c3ccc4cc(-c5ccc6ccoc6c5)ccc4c3)C[C@H]2N1. The minimum Gasteiger partial charge on any atom is -0.464 e. The highest BCUT2D eigenvalue weighted by atomic mass is 16.3. The first-order valence-electron chi connectivity index (χ1n) is 10.2. The molecule has 2 atom stereocenters. The van der Waals surface area contributed by atoms with E-state index in [1.807, 2.05) is 29.2 Å². The number of likely N-dealkylation sites (tertiary alicyclic amines) is 1. The zero-order chi connectivity index (χ0) is 20.2. The molecule has 5 heteroatoms. The van der Waals surface area contributed by atoms with E-state index < -0.39 is 0 Å². The van der Waals surface area contributed by atoms with Crippen LogP contribution in [0.1, 0.15) is 16.8 Å². The molecular weight excluding hydrogens is 376 g/mol. The fourth-order valence-electron chi connectivity index (χ4n) is 4.79. The van der Waals surface area contributed by atoms with Crippen LogP contribution in [-0.4, -0.2) is 35.8 Å². The molecule has 0 aliphatic carbocycles. The number of hydrogen-bond acceptors (Lipinski definition) is 3. The van der Waals surface area contributed by atoms with E-state index in [4.69, 9.17) is 4.42 Å². The summed E-state index contributed by atoms with van der Waals surface area (Å²) in [5.41, 5.74) is 3.78. The van der Waals surface area contributed by atoms with Crippen LogP contribution in [0.4, 0.5) is 0 Å². The molecule has 2 fully saturated rings. The van der Waals surface area contributed by atoms with Crippen LogP contribution < -0.4 is 5.32 Å². The van der Waals surface area contributed by atoms with Gasteiger partial charge in [0.25, 0.3) is 5.91 Å². The largest absolute Gasteiger partial charge is 0.464 e. The molecule has 2 amide bonds. The average Bonchev–Trinajstić information content (AvgIpc) is 3.46. The summed E-state index contributed by atoms with van der Waals surface area (Å²) in [6, 6.07) is 20.4. The molecule has 1 N–H and O–H groups in total. The average molecular weight is 396 g/mol. The first kappa shape index (κ1) is 17.3. The van der Waals surface area contributed by atoms with E-state index in [2.05, 4.69) is 41.7 Å². The van der Waals surface area contributed by atoms with Gasteiger partial charge in [-0.2, -0.15) is 0 Å². The molecule has 0 unspecified atom stereocenters. The fraction of sp³-hybridized carbons (Fsp3) is 0.200. The first-order valence-corrected chi connectivity index (χ1v) is 10.2. The van der Waals surface area contributed by atoms with Crippen LogP contribution in [0.15, 0.2) is 71.3 Å². The lowest BCUT2D eigenvalue weighted by Gasteiger charge is -2.17. The normalized spacial score (nSPS) is 20.7. The van der Waals surface area contributed by atoms with Gasteiger partial charge in [-0.25, -0.2) is 0 Å². The zero-order valence-corrected chi connectivity index (χ0v) is 16.3. The molecule has 6 rings (SSSR count). The van der Waals surface area contributed by atoms with Crippen molar-refractivity contribution in [3.05, 3.63) is 72.5 Å². The van der Waals surface area contributed by atoms with E-state index in [1.165, 1.54) is 0 Å². The van der Waals surface area contributed by atoms with Gasteiger partial charge in [-0.3, -0.25) is 9.59 Å². The highest BCUT2D eigenvalue weighted by Gasteiger charge is 2.41. The summed E-state index contributed by atoms with van der Waals surface area (Å²) in [4.78, 5) is 26.4. The first-order chi connectivity index (χ1) is 14.6. The van der Waals surface area contributed by atoms with Gasteiger partial charge in [0.05, 0.1) is 12.3 Å². The lowest BCUT2D eigenvalue weighted by molar-refractivity contribution is -0.119. The fourth-order valence-corrected chi connectivity index (χ4v) is 4.79. The molecule has 2 aliphatic heterocycles. The van der Waals surface area contributed by atoms with Crippen LogP contribution in [0.25, 0.3) is 32.9 Å². The van der Waals surface area contributed by atoms with E-state index in [1.54, 1.807) is 6.26 Å². The third kappa shape index (κ3) is 2.77. The van der Waals surface area contributed by atoms with Gasteiger partial charge in [-0.05, 0) is 52.2 Å². The third-order valence-electron chi connectivity index (χ3n) is 6.40. The number of furan rings is 1. The van der Waals surface area contributed by atoms with E-state index in [9.17, 15) is 9.59 Å². The summed E-state index contributed by atoms with van der Waals surface area (Å²) in [5, 5.41) is 6.19. The number of amides is 2. The van der Waals surface area contributed by atoms with Crippen molar-refractivity contribution < 1.29 is 14.0 Å². The molecule has 1 aromatic heterocycles. The Morgan fingerprint density at radius 1 is 0.900 bits per heavy atom. The van der Waals surface area contributed by atoms with E-state index >= 15 is 0 Å². The standard InChI is InChI=1S/C25H20N2O3/c28-24-12-21-13-27(14-22(21)26-24)25(29)20-6-5-16-9-17(3-4-18(16)10-20)19-2-1-15-7-8-30-23(15)11-19/h1-11,21-22H,12-14H2,(H,26,28)/t21-,22+/m0/s1. The predicted molar refractivity (Wildman–Crippen MR) is 115 cm³/mol. The smallest absolute Gasteiger partial charge is 0.253 e. The summed E-state index contributed by atoms with van der Waals surface area (Å²) in [7, 11) is 0. The van der Waals surface area contributed by atoms with Gasteiger partial charge in [0.1, 0.15) is 5.58 Å². The van der Waals surface area contributed by atoms with Crippen molar-refractivity contribution >= 4 is 33.6 Å². The molecule has 4 aromatic rings. The van der Waals surface area contributed by atoms with Crippen molar-refractivity contribution in [2.75, 3.05) is 13.1 Å². The Kier molecular flexibility index (Phi) is 3.72. The lowest BCUT2D eigenvalue weighted by atomic mass is 9.99. The molecule has 5 nitrogen and oxygen atoms in total. The number of carbonyl (C=O) groups is 2. The maximum absolute atomic E-state index is 13.0. The van der Waals surface area contributed by atoms with Gasteiger partial charge in [0.15, 0.2) is 0 Å². The summed E-state index contributed by atoms with van der Waals surface area (Å²) in [5.74, 6) is 0.383. The van der Waals surface area contributed by atoms with Crippen LogP contribution in [0, 0.1) is 5.92 Å². The summed E-state index contributed by atoms with van der Waals surface area (Å²) in [6.45, 7) is 1.25. The second kappa shape index (κ2) is 6.46. The Morgan fingerprint density at radius 2 is 1.67 bits per heavy atom. The number of hydrogen-bond donors (Lipinski definition) is 1. The maximum atomic E-state index is 13.0. The Hall–Kier alpha value is -3.60. The lowest BCUT2D eigenvalue weighted by Crippen LogP contribution is -2.35. The minimum atomic E-state index is 0.0351. The van der Waals surface area contributed by atoms with E-state index in [0.717, 1.165) is 32.9 Å². The second-order valence-corrected chi connectivity index (χ2v) is 8.30. The Balaban J connectivity index is 1.28. The van der Waals surface area contributed by atoms with Crippen LogP contribution in [-0.2, 0) is 4.79 Å². The van der Waals surface area contributed by atoms with Crippen LogP contribution in [0.5, 0.6) is 0 Å². The predicted octanol–water partition coefficient (Wildman–Crippen LogP) is 4.21. The third-order valence-corrected chi connectivity index (χ3v) is 6.40. The van der Waals surface area contributed by atoms with Crippen molar-refractivity contribution in [2.45, 2.75) is 12.5 Å². The van der Waals surface area contributed by atoms with Crippen molar-refractivity contribution in [2.24, 2.45) is 5.92 Å². The van der Waals surface area contributed by atoms with E-state index in [0.29, 0.717) is 25.1 Å². The molecule has 30 heavy (non-hydrogen) atoms. The minimum absolute atomic E-state index is 0.0351. The second-order valence-electron chi connectivity index (χ2n) is 8.30. The Morgan fingerprint density at radius 3 is 2.53 bits per heavy atom. The highest BCUT2D eigenvalue weighted by molar-refractivity contribution is 6.00. The van der Waals surface area contributed by atoms with Crippen molar-refractivity contribution in [3.8, 4) is 11.1 Å². The molecule has 0 bridgehead atoms. The molecular formula is C25H20N2O3. The number of nitrogens with one attached hydrogen (secondary N) is 1. The van der Waals surface area contributed by atoms with Crippen LogP contribution >= 0.6 is 0 Å². The maximum Gasteiger partial charge on any atom is 0.253 e. The summed E-state index contributed by atoms with van der Waals surface area (Å²) in [6.07, 6.45) is 2.23. The van der Waals surface area contributed by atoms with Crippen molar-refractivity contribution in [1.82, 2.24) is 10.2 Å². The molecule has 2 aliphatic rings. The number of nitrogens with zero attached hydrogens (tertiary/aromatic N) is 1. The van der Waals surface area contributed by atoms with Crippen molar-refractivity contribution in [1.29, 1.82) is 0 Å². The monoisotopic (exact) mass is 396 g/mol. The quantitative estimate of drug-likeness (QED) is 0.552. The topological polar surface area (TPSA) is 62.6 Å². The van der Waals surface area contributed by atoms with Crippen molar-refractivity contribution in [3.63, 3.8) is 0 Å². The van der Waals surface area contributed by atoms with Gasteiger partial charge >= 0.3 is 0 Å². The highest BCUT2D eigenvalue weighted by Crippen LogP contribution is 2.30. The summed E-state index contributed by atoms with van der Waals surface area (Å²) >= 11 is 0. The molecule has 3 heterocycles. The number of benzene rings is 3. The number of rotatable bonds is 2. The molecule has 3 aromatic carbocycles. The van der Waals surface area contributed by atoms with Gasteiger partial charge in [0.2, 0.25) is 5.91 Å². The van der Waals surface area contributed by atoms with Gasteiger partial charge < -0.3 is 14.6 Å². The Bertz CT molecular complexity index is 1310. The van der Waals surface area contributed by atoms with Crippen LogP contribution in [0.2, 0.25) is 0 Å². The molecule has 2 saturated heterocycles. The van der Waals surface area contributed by atoms with Crippen LogP contribution in [0.3, 0.4) is 0 Å². The van der Waals surface area contributed by atoms with E-state index in [-0.39, 0.29) is 23.8 Å². The van der Waals surface area contributed by atoms with Gasteiger partial charge in [-0.1, -0.05) is 30.3 Å². The van der Waals surface area contributed by atoms with Gasteiger partial charge in [0, 0.05) is 36.4 Å². The molecule has 0 radical (unpaired) electrons.